The van der Waals surface area contributed by atoms with Crippen LogP contribution in [-0.2, 0) is 0 Å². The third kappa shape index (κ3) is 4.51. The number of nitrogens with one attached hydrogen (secondary N) is 1. The van der Waals surface area contributed by atoms with E-state index in [1.54, 1.807) is 7.05 Å². The molecule has 1 aromatic rings. The molecule has 1 fully saturated rings. The fraction of sp³-hybridized carbons (Fsp3) is 0.786. The summed E-state index contributed by atoms with van der Waals surface area (Å²) in [6, 6.07) is 0.642. The highest BCUT2D eigenvalue weighted by Gasteiger charge is 2.16. The fourth-order valence-electron chi connectivity index (χ4n) is 2.32. The highest BCUT2D eigenvalue weighted by molar-refractivity contribution is 5.26. The molecule has 0 spiro atoms. The standard InChI is InChI=1S/C14H24N4O2/c1-10(2)20-14-17-12(15-3)16-13(18-14)19-9-11-7-5-4-6-8-11/h10-11H,4-9H2,1-3H3,(H,15,16,17,18). The molecule has 0 unspecified atom stereocenters. The van der Waals surface area contributed by atoms with Crippen LogP contribution in [0, 0.1) is 5.92 Å². The van der Waals surface area contributed by atoms with Crippen molar-refractivity contribution in [3.63, 3.8) is 0 Å². The van der Waals surface area contributed by atoms with Crippen molar-refractivity contribution in [3.8, 4) is 12.0 Å². The van der Waals surface area contributed by atoms with Gasteiger partial charge in [0.2, 0.25) is 5.95 Å². The Labute approximate surface area is 120 Å². The van der Waals surface area contributed by atoms with Crippen molar-refractivity contribution in [1.29, 1.82) is 0 Å². The van der Waals surface area contributed by atoms with Crippen LogP contribution >= 0.6 is 0 Å². The first-order valence-corrected chi connectivity index (χ1v) is 7.40. The van der Waals surface area contributed by atoms with Crippen LogP contribution in [0.15, 0.2) is 0 Å². The van der Waals surface area contributed by atoms with Gasteiger partial charge in [0.15, 0.2) is 0 Å². The molecule has 0 bridgehead atoms. The molecule has 6 heteroatoms. The molecule has 0 aromatic carbocycles. The molecule has 0 radical (unpaired) electrons. The van der Waals surface area contributed by atoms with Crippen LogP contribution in [0.4, 0.5) is 5.95 Å². The number of anilines is 1. The molecule has 1 aliphatic carbocycles. The van der Waals surface area contributed by atoms with Crippen molar-refractivity contribution in [2.45, 2.75) is 52.1 Å². The van der Waals surface area contributed by atoms with Gasteiger partial charge in [-0.1, -0.05) is 19.3 Å². The largest absolute Gasteiger partial charge is 0.463 e. The fourth-order valence-corrected chi connectivity index (χ4v) is 2.32. The number of hydrogen-bond acceptors (Lipinski definition) is 6. The second kappa shape index (κ2) is 7.26. The molecule has 2 rings (SSSR count). The average Bonchev–Trinajstić information content (AvgIpc) is 2.45. The summed E-state index contributed by atoms with van der Waals surface area (Å²) in [5, 5.41) is 2.90. The van der Waals surface area contributed by atoms with Gasteiger partial charge in [0.05, 0.1) is 12.7 Å². The van der Waals surface area contributed by atoms with Gasteiger partial charge in [-0.05, 0) is 32.6 Å². The Morgan fingerprint density at radius 2 is 1.80 bits per heavy atom. The van der Waals surface area contributed by atoms with E-state index in [0.717, 1.165) is 0 Å². The van der Waals surface area contributed by atoms with E-state index in [0.29, 0.717) is 30.5 Å². The van der Waals surface area contributed by atoms with Gasteiger partial charge in [-0.15, -0.1) is 4.98 Å². The zero-order valence-electron chi connectivity index (χ0n) is 12.6. The first kappa shape index (κ1) is 14.8. The number of aromatic nitrogens is 3. The first-order chi connectivity index (χ1) is 9.67. The molecule has 1 N–H and O–H groups in total. The summed E-state index contributed by atoms with van der Waals surface area (Å²) in [5.74, 6) is 1.09. The predicted octanol–water partition coefficient (Wildman–Crippen LogP) is 2.66. The van der Waals surface area contributed by atoms with Crippen LogP contribution in [0.2, 0.25) is 0 Å². The summed E-state index contributed by atoms with van der Waals surface area (Å²) in [7, 11) is 1.76. The molecule has 112 valence electrons. The second-order valence-corrected chi connectivity index (χ2v) is 5.46. The van der Waals surface area contributed by atoms with Gasteiger partial charge >= 0.3 is 12.0 Å². The first-order valence-electron chi connectivity index (χ1n) is 7.40. The molecule has 0 amide bonds. The molecule has 20 heavy (non-hydrogen) atoms. The number of nitrogens with zero attached hydrogens (tertiary/aromatic N) is 3. The summed E-state index contributed by atoms with van der Waals surface area (Å²) in [4.78, 5) is 12.6. The Kier molecular flexibility index (Phi) is 5.38. The maximum absolute atomic E-state index is 5.73. The van der Waals surface area contributed by atoms with E-state index < -0.39 is 0 Å². The minimum Gasteiger partial charge on any atom is -0.463 e. The highest BCUT2D eigenvalue weighted by Crippen LogP contribution is 2.24. The third-order valence-corrected chi connectivity index (χ3v) is 3.33. The number of ether oxygens (including phenoxy) is 2. The maximum Gasteiger partial charge on any atom is 0.324 e. The van der Waals surface area contributed by atoms with E-state index in [-0.39, 0.29) is 6.10 Å². The normalized spacial score (nSPS) is 16.2. The van der Waals surface area contributed by atoms with Gasteiger partial charge < -0.3 is 14.8 Å². The molecule has 0 atom stereocenters. The van der Waals surface area contributed by atoms with Crippen LogP contribution in [-0.4, -0.2) is 34.7 Å². The molecular weight excluding hydrogens is 256 g/mol. The van der Waals surface area contributed by atoms with Gasteiger partial charge in [0.25, 0.3) is 0 Å². The van der Waals surface area contributed by atoms with E-state index >= 15 is 0 Å². The van der Waals surface area contributed by atoms with E-state index in [1.165, 1.54) is 32.1 Å². The molecule has 1 heterocycles. The van der Waals surface area contributed by atoms with Crippen LogP contribution in [0.3, 0.4) is 0 Å². The molecular formula is C14H24N4O2. The summed E-state index contributed by atoms with van der Waals surface area (Å²) < 4.78 is 11.2. The predicted molar refractivity (Wildman–Crippen MR) is 77.2 cm³/mol. The van der Waals surface area contributed by atoms with Crippen molar-refractivity contribution in [1.82, 2.24) is 15.0 Å². The van der Waals surface area contributed by atoms with Crippen molar-refractivity contribution < 1.29 is 9.47 Å². The van der Waals surface area contributed by atoms with Gasteiger partial charge in [-0.2, -0.15) is 9.97 Å². The molecule has 1 aromatic heterocycles. The minimum absolute atomic E-state index is 0.0216. The SMILES string of the molecule is CNc1nc(OCC2CCCCC2)nc(OC(C)C)n1. The topological polar surface area (TPSA) is 69.2 Å². The van der Waals surface area contributed by atoms with E-state index in [9.17, 15) is 0 Å². The lowest BCUT2D eigenvalue weighted by Crippen LogP contribution is -2.17. The second-order valence-electron chi connectivity index (χ2n) is 5.46. The monoisotopic (exact) mass is 280 g/mol. The molecule has 0 saturated heterocycles. The lowest BCUT2D eigenvalue weighted by Gasteiger charge is -2.21. The quantitative estimate of drug-likeness (QED) is 0.864. The van der Waals surface area contributed by atoms with E-state index in [2.05, 4.69) is 20.3 Å². The Morgan fingerprint density at radius 1 is 1.10 bits per heavy atom. The smallest absolute Gasteiger partial charge is 0.324 e. The van der Waals surface area contributed by atoms with Gasteiger partial charge in [-0.25, -0.2) is 0 Å². The van der Waals surface area contributed by atoms with E-state index in [1.807, 2.05) is 13.8 Å². The Hall–Kier alpha value is -1.59. The van der Waals surface area contributed by atoms with Crippen LogP contribution in [0.1, 0.15) is 46.0 Å². The van der Waals surface area contributed by atoms with Crippen LogP contribution in [0.25, 0.3) is 0 Å². The molecule has 1 saturated carbocycles. The van der Waals surface area contributed by atoms with Gasteiger partial charge in [0, 0.05) is 7.05 Å². The van der Waals surface area contributed by atoms with Crippen molar-refractivity contribution in [2.24, 2.45) is 5.92 Å². The summed E-state index contributed by atoms with van der Waals surface area (Å²) in [6.45, 7) is 4.55. The Morgan fingerprint density at radius 3 is 2.45 bits per heavy atom. The molecule has 0 aliphatic heterocycles. The zero-order valence-corrected chi connectivity index (χ0v) is 12.6. The summed E-state index contributed by atoms with van der Waals surface area (Å²) in [5.41, 5.74) is 0. The maximum atomic E-state index is 5.73. The molecule has 6 nitrogen and oxygen atoms in total. The highest BCUT2D eigenvalue weighted by atomic mass is 16.5. The zero-order chi connectivity index (χ0) is 14.4. The van der Waals surface area contributed by atoms with Crippen molar-refractivity contribution >= 4 is 5.95 Å². The Bertz CT molecular complexity index is 420. The minimum atomic E-state index is 0.0216. The molecule has 1 aliphatic rings. The van der Waals surface area contributed by atoms with Crippen LogP contribution < -0.4 is 14.8 Å². The summed E-state index contributed by atoms with van der Waals surface area (Å²) >= 11 is 0. The van der Waals surface area contributed by atoms with Crippen LogP contribution in [0.5, 0.6) is 12.0 Å². The number of rotatable bonds is 6. The van der Waals surface area contributed by atoms with Crippen molar-refractivity contribution in [3.05, 3.63) is 0 Å². The third-order valence-electron chi connectivity index (χ3n) is 3.33. The van der Waals surface area contributed by atoms with Crippen molar-refractivity contribution in [2.75, 3.05) is 19.0 Å². The van der Waals surface area contributed by atoms with E-state index in [4.69, 9.17) is 9.47 Å². The van der Waals surface area contributed by atoms with Gasteiger partial charge in [0.1, 0.15) is 0 Å². The Balaban J connectivity index is 1.98. The lowest BCUT2D eigenvalue weighted by atomic mass is 9.90. The number of hydrogen-bond donors (Lipinski definition) is 1. The lowest BCUT2D eigenvalue weighted by molar-refractivity contribution is 0.185. The average molecular weight is 280 g/mol. The van der Waals surface area contributed by atoms with Gasteiger partial charge in [-0.3, -0.25) is 0 Å². The summed E-state index contributed by atoms with van der Waals surface area (Å²) in [6.07, 6.45) is 6.44.